The van der Waals surface area contributed by atoms with Crippen molar-refractivity contribution in [3.63, 3.8) is 0 Å². The standard InChI is InChI=1S/C14H18F3N3O/c1-20(11(6-18)8-2-3-8)7-12(21)19-10-5-4-9(15)13(16)14(10)17/h4-5,8,11H,2-3,6-7,18H2,1H3,(H,19,21). The first-order valence-corrected chi connectivity index (χ1v) is 6.77. The number of amides is 1. The third kappa shape index (κ3) is 3.74. The number of benzene rings is 1. The van der Waals surface area contributed by atoms with Crippen molar-refractivity contribution >= 4 is 11.6 Å². The summed E-state index contributed by atoms with van der Waals surface area (Å²) in [5.74, 6) is -4.30. The van der Waals surface area contributed by atoms with E-state index in [4.69, 9.17) is 5.73 Å². The summed E-state index contributed by atoms with van der Waals surface area (Å²) in [5, 5.41) is 2.24. The lowest BCUT2D eigenvalue weighted by molar-refractivity contribution is -0.117. The molecule has 7 heteroatoms. The van der Waals surface area contributed by atoms with Gasteiger partial charge in [0.25, 0.3) is 0 Å². The summed E-state index contributed by atoms with van der Waals surface area (Å²) in [6, 6.07) is 1.86. The van der Waals surface area contributed by atoms with Crippen LogP contribution in [-0.2, 0) is 4.79 Å². The highest BCUT2D eigenvalue weighted by atomic mass is 19.2. The fourth-order valence-electron chi connectivity index (χ4n) is 2.37. The van der Waals surface area contributed by atoms with Crippen LogP contribution >= 0.6 is 0 Å². The molecule has 1 unspecified atom stereocenters. The van der Waals surface area contributed by atoms with Crippen LogP contribution in [0.3, 0.4) is 0 Å². The third-order valence-electron chi connectivity index (χ3n) is 3.68. The van der Waals surface area contributed by atoms with Crippen LogP contribution in [0.4, 0.5) is 18.9 Å². The smallest absolute Gasteiger partial charge is 0.238 e. The van der Waals surface area contributed by atoms with E-state index in [1.807, 2.05) is 0 Å². The number of carbonyl (C=O) groups excluding carboxylic acids is 1. The fourth-order valence-corrected chi connectivity index (χ4v) is 2.37. The van der Waals surface area contributed by atoms with Crippen molar-refractivity contribution in [1.82, 2.24) is 4.90 Å². The molecule has 1 saturated carbocycles. The molecule has 3 N–H and O–H groups in total. The Hall–Kier alpha value is -1.60. The molecule has 0 radical (unpaired) electrons. The Morgan fingerprint density at radius 2 is 2.05 bits per heavy atom. The molecule has 0 heterocycles. The first kappa shape index (κ1) is 15.8. The maximum Gasteiger partial charge on any atom is 0.238 e. The van der Waals surface area contributed by atoms with Gasteiger partial charge in [-0.2, -0.15) is 0 Å². The van der Waals surface area contributed by atoms with E-state index in [-0.39, 0.29) is 18.3 Å². The summed E-state index contributed by atoms with van der Waals surface area (Å²) in [4.78, 5) is 13.7. The van der Waals surface area contributed by atoms with Gasteiger partial charge in [-0.3, -0.25) is 9.69 Å². The Bertz CT molecular complexity index is 534. The molecular formula is C14H18F3N3O. The molecule has 1 aromatic carbocycles. The van der Waals surface area contributed by atoms with Crippen LogP contribution in [0.1, 0.15) is 12.8 Å². The van der Waals surface area contributed by atoms with Gasteiger partial charge in [0.1, 0.15) is 0 Å². The Morgan fingerprint density at radius 1 is 1.38 bits per heavy atom. The van der Waals surface area contributed by atoms with Gasteiger partial charge in [0.05, 0.1) is 12.2 Å². The minimum absolute atomic E-state index is 0.0107. The molecule has 0 aromatic heterocycles. The fraction of sp³-hybridized carbons (Fsp3) is 0.500. The molecule has 1 aromatic rings. The molecule has 1 aliphatic carbocycles. The topological polar surface area (TPSA) is 58.4 Å². The number of rotatable bonds is 6. The highest BCUT2D eigenvalue weighted by Gasteiger charge is 2.33. The molecule has 1 fully saturated rings. The zero-order valence-electron chi connectivity index (χ0n) is 11.7. The van der Waals surface area contributed by atoms with Crippen molar-refractivity contribution in [2.45, 2.75) is 18.9 Å². The third-order valence-corrected chi connectivity index (χ3v) is 3.68. The molecule has 116 valence electrons. The molecule has 21 heavy (non-hydrogen) atoms. The number of carbonyl (C=O) groups is 1. The van der Waals surface area contributed by atoms with E-state index in [0.717, 1.165) is 25.0 Å². The normalized spacial score (nSPS) is 16.1. The average molecular weight is 301 g/mol. The summed E-state index contributed by atoms with van der Waals surface area (Å²) in [6.07, 6.45) is 2.18. The van der Waals surface area contributed by atoms with E-state index in [9.17, 15) is 18.0 Å². The van der Waals surface area contributed by atoms with Crippen molar-refractivity contribution < 1.29 is 18.0 Å². The number of halogens is 3. The monoisotopic (exact) mass is 301 g/mol. The van der Waals surface area contributed by atoms with E-state index in [1.165, 1.54) is 0 Å². The minimum atomic E-state index is -1.60. The quantitative estimate of drug-likeness (QED) is 0.787. The molecule has 0 aliphatic heterocycles. The van der Waals surface area contributed by atoms with Gasteiger partial charge in [0, 0.05) is 12.6 Å². The summed E-state index contributed by atoms with van der Waals surface area (Å²) in [7, 11) is 1.76. The van der Waals surface area contributed by atoms with Gasteiger partial charge in [-0.25, -0.2) is 13.2 Å². The summed E-state index contributed by atoms with van der Waals surface area (Å²) >= 11 is 0. The van der Waals surface area contributed by atoms with Crippen LogP contribution in [0, 0.1) is 23.4 Å². The lowest BCUT2D eigenvalue weighted by atomic mass is 10.1. The molecule has 0 bridgehead atoms. The lowest BCUT2D eigenvalue weighted by Gasteiger charge is -2.26. The van der Waals surface area contributed by atoms with Gasteiger partial charge in [-0.05, 0) is 37.9 Å². The first-order valence-electron chi connectivity index (χ1n) is 6.77. The number of nitrogens with two attached hydrogens (primary N) is 1. The number of nitrogens with zero attached hydrogens (tertiary/aromatic N) is 1. The van der Waals surface area contributed by atoms with Crippen molar-refractivity contribution in [2.75, 3.05) is 25.5 Å². The van der Waals surface area contributed by atoms with Gasteiger partial charge >= 0.3 is 0 Å². The molecule has 1 atom stereocenters. The first-order chi connectivity index (χ1) is 9.93. The second-order valence-corrected chi connectivity index (χ2v) is 5.33. The van der Waals surface area contributed by atoms with Crippen LogP contribution in [0.5, 0.6) is 0 Å². The Labute approximate surface area is 121 Å². The van der Waals surface area contributed by atoms with Crippen LogP contribution in [-0.4, -0.2) is 37.0 Å². The van der Waals surface area contributed by atoms with Crippen LogP contribution in [0.25, 0.3) is 0 Å². The van der Waals surface area contributed by atoms with Gasteiger partial charge in [0.2, 0.25) is 5.91 Å². The Morgan fingerprint density at radius 3 is 2.62 bits per heavy atom. The number of nitrogens with one attached hydrogen (secondary N) is 1. The van der Waals surface area contributed by atoms with Crippen LogP contribution < -0.4 is 11.1 Å². The second-order valence-electron chi connectivity index (χ2n) is 5.33. The van der Waals surface area contributed by atoms with E-state index < -0.39 is 23.4 Å². The summed E-state index contributed by atoms with van der Waals surface area (Å²) in [6.45, 7) is 0.449. The molecule has 1 aliphatic rings. The van der Waals surface area contributed by atoms with E-state index in [1.54, 1.807) is 11.9 Å². The van der Waals surface area contributed by atoms with Crippen LogP contribution in [0.2, 0.25) is 0 Å². The molecule has 1 amide bonds. The van der Waals surface area contributed by atoms with Crippen molar-refractivity contribution in [3.05, 3.63) is 29.6 Å². The minimum Gasteiger partial charge on any atom is -0.329 e. The zero-order valence-corrected chi connectivity index (χ0v) is 11.7. The zero-order chi connectivity index (χ0) is 15.6. The highest BCUT2D eigenvalue weighted by molar-refractivity contribution is 5.92. The predicted molar refractivity (Wildman–Crippen MR) is 73.1 cm³/mol. The van der Waals surface area contributed by atoms with E-state index in [2.05, 4.69) is 5.32 Å². The van der Waals surface area contributed by atoms with Gasteiger partial charge < -0.3 is 11.1 Å². The number of hydrogen-bond acceptors (Lipinski definition) is 3. The maximum atomic E-state index is 13.5. The molecular weight excluding hydrogens is 283 g/mol. The van der Waals surface area contributed by atoms with Crippen LogP contribution in [0.15, 0.2) is 12.1 Å². The summed E-state index contributed by atoms with van der Waals surface area (Å²) in [5.41, 5.74) is 5.31. The molecule has 2 rings (SSSR count). The number of likely N-dealkylation sites (N-methyl/N-ethyl adjacent to an activating group) is 1. The van der Waals surface area contributed by atoms with Gasteiger partial charge in [-0.15, -0.1) is 0 Å². The molecule has 0 saturated heterocycles. The number of hydrogen-bond donors (Lipinski definition) is 2. The Balaban J connectivity index is 1.97. The van der Waals surface area contributed by atoms with Crippen molar-refractivity contribution in [3.8, 4) is 0 Å². The number of anilines is 1. The second kappa shape index (κ2) is 6.44. The highest BCUT2D eigenvalue weighted by Crippen LogP contribution is 2.34. The van der Waals surface area contributed by atoms with E-state index >= 15 is 0 Å². The SMILES string of the molecule is CN(CC(=O)Nc1ccc(F)c(F)c1F)C(CN)C1CC1. The van der Waals surface area contributed by atoms with E-state index in [0.29, 0.717) is 12.5 Å². The summed E-state index contributed by atoms with van der Waals surface area (Å²) < 4.78 is 39.3. The van der Waals surface area contributed by atoms with Gasteiger partial charge in [0.15, 0.2) is 17.5 Å². The lowest BCUT2D eigenvalue weighted by Crippen LogP contribution is -2.43. The largest absolute Gasteiger partial charge is 0.329 e. The molecule has 0 spiro atoms. The van der Waals surface area contributed by atoms with Crippen molar-refractivity contribution in [2.24, 2.45) is 11.7 Å². The Kier molecular flexibility index (Phi) is 4.84. The average Bonchev–Trinajstić information content (AvgIpc) is 3.25. The van der Waals surface area contributed by atoms with Crippen molar-refractivity contribution in [1.29, 1.82) is 0 Å². The predicted octanol–water partition coefficient (Wildman–Crippen LogP) is 1.71. The van der Waals surface area contributed by atoms with Gasteiger partial charge in [-0.1, -0.05) is 0 Å². The maximum absolute atomic E-state index is 13.5. The molecule has 4 nitrogen and oxygen atoms in total.